The Hall–Kier alpha value is -1.25. The zero-order chi connectivity index (χ0) is 11.4. The van der Waals surface area contributed by atoms with E-state index in [-0.39, 0.29) is 5.56 Å². The van der Waals surface area contributed by atoms with Crippen LogP contribution < -0.4 is 0 Å². The molecule has 0 saturated heterocycles. The summed E-state index contributed by atoms with van der Waals surface area (Å²) in [6.45, 7) is 3.78. The number of carbonyl (C=O) groups excluding carboxylic acids is 1. The molecular formula is C12H14F2O. The van der Waals surface area contributed by atoms with Gasteiger partial charge in [0.2, 0.25) is 5.78 Å². The molecule has 0 radical (unpaired) electrons. The van der Waals surface area contributed by atoms with Gasteiger partial charge in [-0.2, -0.15) is 0 Å². The van der Waals surface area contributed by atoms with Crippen molar-refractivity contribution in [2.75, 3.05) is 0 Å². The number of halogens is 2. The molecule has 0 N–H and O–H groups in total. The number of hydrogen-bond donors (Lipinski definition) is 0. The monoisotopic (exact) mass is 212 g/mol. The normalized spacial score (nSPS) is 10.7. The molecule has 1 nitrogen and oxygen atoms in total. The molecule has 0 spiro atoms. The maximum absolute atomic E-state index is 12.3. The number of alkyl halides is 2. The molecule has 1 rings (SSSR count). The number of ketones is 1. The average molecular weight is 212 g/mol. The first kappa shape index (κ1) is 11.8. The van der Waals surface area contributed by atoms with E-state index < -0.39 is 12.2 Å². The Balaban J connectivity index is 3.17. The Kier molecular flexibility index (Phi) is 3.95. The zero-order valence-corrected chi connectivity index (χ0v) is 8.89. The van der Waals surface area contributed by atoms with Crippen LogP contribution in [0.2, 0.25) is 0 Å². The Labute approximate surface area is 88.1 Å². The van der Waals surface area contributed by atoms with Crippen molar-refractivity contribution >= 4 is 5.78 Å². The highest BCUT2D eigenvalue weighted by Gasteiger charge is 2.20. The first-order chi connectivity index (χ1) is 7.10. The summed E-state index contributed by atoms with van der Waals surface area (Å²) < 4.78 is 24.6. The van der Waals surface area contributed by atoms with E-state index in [1.165, 1.54) is 0 Å². The third-order valence-electron chi connectivity index (χ3n) is 2.43. The van der Waals surface area contributed by atoms with Crippen molar-refractivity contribution in [2.45, 2.75) is 33.1 Å². The summed E-state index contributed by atoms with van der Waals surface area (Å²) in [7, 11) is 0. The van der Waals surface area contributed by atoms with Crippen LogP contribution in [-0.4, -0.2) is 12.2 Å². The largest absolute Gasteiger partial charge is 0.300 e. The van der Waals surface area contributed by atoms with Crippen LogP contribution in [0.25, 0.3) is 0 Å². The van der Waals surface area contributed by atoms with Crippen LogP contribution in [-0.2, 0) is 12.8 Å². The van der Waals surface area contributed by atoms with Gasteiger partial charge < -0.3 is 0 Å². The molecule has 0 aliphatic heterocycles. The molecule has 0 aliphatic carbocycles. The summed E-state index contributed by atoms with van der Waals surface area (Å²) in [5.74, 6) is -1.07. The average Bonchev–Trinajstić information content (AvgIpc) is 2.27. The highest BCUT2D eigenvalue weighted by atomic mass is 19.3. The van der Waals surface area contributed by atoms with E-state index in [0.29, 0.717) is 12.0 Å². The van der Waals surface area contributed by atoms with E-state index in [4.69, 9.17) is 0 Å². The van der Waals surface area contributed by atoms with Crippen LogP contribution >= 0.6 is 0 Å². The second-order valence-corrected chi connectivity index (χ2v) is 3.36. The second kappa shape index (κ2) is 5.01. The van der Waals surface area contributed by atoms with Gasteiger partial charge in [-0.3, -0.25) is 4.79 Å². The fraction of sp³-hybridized carbons (Fsp3) is 0.417. The lowest BCUT2D eigenvalue weighted by Gasteiger charge is -2.08. The van der Waals surface area contributed by atoms with Crippen molar-refractivity contribution in [3.8, 4) is 0 Å². The number of aryl methyl sites for hydroxylation is 2. The number of benzene rings is 1. The van der Waals surface area contributed by atoms with E-state index in [0.717, 1.165) is 12.0 Å². The summed E-state index contributed by atoms with van der Waals surface area (Å²) in [5, 5.41) is 0. The van der Waals surface area contributed by atoms with Gasteiger partial charge in [0.05, 0.1) is 0 Å². The zero-order valence-electron chi connectivity index (χ0n) is 8.89. The predicted octanol–water partition coefficient (Wildman–Crippen LogP) is 3.26. The van der Waals surface area contributed by atoms with Crippen LogP contribution in [0.5, 0.6) is 0 Å². The minimum atomic E-state index is -2.91. The van der Waals surface area contributed by atoms with Gasteiger partial charge in [0.15, 0.2) is 0 Å². The van der Waals surface area contributed by atoms with Crippen molar-refractivity contribution in [1.82, 2.24) is 0 Å². The van der Waals surface area contributed by atoms with E-state index in [1.54, 1.807) is 12.1 Å². The molecule has 0 bridgehead atoms. The molecule has 0 heterocycles. The fourth-order valence-corrected chi connectivity index (χ4v) is 1.50. The van der Waals surface area contributed by atoms with Crippen molar-refractivity contribution in [2.24, 2.45) is 0 Å². The minimum Gasteiger partial charge on any atom is -0.288 e. The smallest absolute Gasteiger partial charge is 0.288 e. The molecule has 0 aliphatic rings. The number of Topliss-reactive ketones (excluding diaryl/α,β-unsaturated/α-hetero) is 1. The fourth-order valence-electron chi connectivity index (χ4n) is 1.50. The molecule has 0 amide bonds. The molecule has 15 heavy (non-hydrogen) atoms. The lowest BCUT2D eigenvalue weighted by molar-refractivity contribution is 0.0677. The second-order valence-electron chi connectivity index (χ2n) is 3.36. The van der Waals surface area contributed by atoms with E-state index >= 15 is 0 Å². The first-order valence-electron chi connectivity index (χ1n) is 5.04. The van der Waals surface area contributed by atoms with Crippen LogP contribution in [0.3, 0.4) is 0 Å². The van der Waals surface area contributed by atoms with Crippen molar-refractivity contribution in [3.05, 3.63) is 34.9 Å². The summed E-state index contributed by atoms with van der Waals surface area (Å²) in [6.07, 6.45) is -1.58. The quantitative estimate of drug-likeness (QED) is 0.700. The maximum Gasteiger partial charge on any atom is 0.300 e. The molecule has 0 fully saturated rings. The van der Waals surface area contributed by atoms with Crippen molar-refractivity contribution in [3.63, 3.8) is 0 Å². The Morgan fingerprint density at radius 1 is 1.27 bits per heavy atom. The highest BCUT2D eigenvalue weighted by molar-refractivity contribution is 5.99. The van der Waals surface area contributed by atoms with E-state index in [1.807, 2.05) is 19.9 Å². The van der Waals surface area contributed by atoms with Gasteiger partial charge in [0, 0.05) is 5.56 Å². The highest BCUT2D eigenvalue weighted by Crippen LogP contribution is 2.17. The summed E-state index contributed by atoms with van der Waals surface area (Å²) >= 11 is 0. The van der Waals surface area contributed by atoms with Crippen LogP contribution in [0, 0.1) is 0 Å². The summed E-state index contributed by atoms with van der Waals surface area (Å²) in [5.41, 5.74) is 1.78. The number of carbonyl (C=O) groups is 1. The lowest BCUT2D eigenvalue weighted by atomic mass is 9.98. The summed E-state index contributed by atoms with van der Waals surface area (Å²) in [6, 6.07) is 5.21. The van der Waals surface area contributed by atoms with Crippen LogP contribution in [0.15, 0.2) is 18.2 Å². The van der Waals surface area contributed by atoms with Gasteiger partial charge in [-0.15, -0.1) is 0 Å². The van der Waals surface area contributed by atoms with Gasteiger partial charge >= 0.3 is 6.43 Å². The first-order valence-corrected chi connectivity index (χ1v) is 5.04. The van der Waals surface area contributed by atoms with Gasteiger partial charge in [-0.25, -0.2) is 8.78 Å². The van der Waals surface area contributed by atoms with Crippen LogP contribution in [0.1, 0.15) is 35.3 Å². The van der Waals surface area contributed by atoms with E-state index in [9.17, 15) is 13.6 Å². The molecule has 1 aromatic rings. The standard InChI is InChI=1S/C12H14F2O/c1-3-8-5-6-9(4-2)10(7-8)11(15)12(13)14/h5-7,12H,3-4H2,1-2H3. The van der Waals surface area contributed by atoms with Gasteiger partial charge in [-0.05, 0) is 30.0 Å². The molecule has 0 saturated carbocycles. The Morgan fingerprint density at radius 3 is 2.40 bits per heavy atom. The molecule has 0 unspecified atom stereocenters. The van der Waals surface area contributed by atoms with Gasteiger partial charge in [0.25, 0.3) is 0 Å². The van der Waals surface area contributed by atoms with Crippen molar-refractivity contribution < 1.29 is 13.6 Å². The maximum atomic E-state index is 12.3. The van der Waals surface area contributed by atoms with Gasteiger partial charge in [-0.1, -0.05) is 26.0 Å². The number of hydrogen-bond acceptors (Lipinski definition) is 1. The third-order valence-corrected chi connectivity index (χ3v) is 2.43. The molecule has 1 aromatic carbocycles. The predicted molar refractivity (Wildman–Crippen MR) is 55.5 cm³/mol. The Morgan fingerprint density at radius 2 is 1.93 bits per heavy atom. The minimum absolute atomic E-state index is 0.173. The van der Waals surface area contributed by atoms with Crippen LogP contribution in [0.4, 0.5) is 8.78 Å². The Bertz CT molecular complexity index is 359. The number of rotatable bonds is 4. The third kappa shape index (κ3) is 2.61. The lowest BCUT2D eigenvalue weighted by Crippen LogP contribution is -2.13. The topological polar surface area (TPSA) is 17.1 Å². The molecule has 0 aromatic heterocycles. The molecule has 3 heteroatoms. The van der Waals surface area contributed by atoms with Gasteiger partial charge in [0.1, 0.15) is 0 Å². The van der Waals surface area contributed by atoms with Crippen molar-refractivity contribution in [1.29, 1.82) is 0 Å². The molecule has 0 atom stereocenters. The molecular weight excluding hydrogens is 198 g/mol. The molecule has 82 valence electrons. The SMILES string of the molecule is CCc1ccc(CC)c(C(=O)C(F)F)c1. The van der Waals surface area contributed by atoms with E-state index in [2.05, 4.69) is 0 Å². The summed E-state index contributed by atoms with van der Waals surface area (Å²) in [4.78, 5) is 11.2.